The molecule has 0 spiro atoms. The van der Waals surface area contributed by atoms with Gasteiger partial charge in [-0.05, 0) is 32.1 Å². The van der Waals surface area contributed by atoms with E-state index in [0.717, 1.165) is 19.3 Å². The predicted molar refractivity (Wildman–Crippen MR) is 48.1 cm³/mol. The van der Waals surface area contributed by atoms with Gasteiger partial charge in [0.2, 0.25) is 0 Å². The lowest BCUT2D eigenvalue weighted by atomic mass is 9.79. The average Bonchev–Trinajstić information content (AvgIpc) is 2.04. The number of Topliss-reactive ketones (excluding diaryl/α,β-unsaturated/α-hetero) is 1. The summed E-state index contributed by atoms with van der Waals surface area (Å²) in [6, 6.07) is 0. The number of ketones is 1. The first-order valence-corrected chi connectivity index (χ1v) is 4.74. The van der Waals surface area contributed by atoms with E-state index in [1.165, 1.54) is 0 Å². The van der Waals surface area contributed by atoms with E-state index in [2.05, 4.69) is 6.92 Å². The molecule has 1 rings (SSSR count). The van der Waals surface area contributed by atoms with Crippen molar-refractivity contribution in [1.82, 2.24) is 0 Å². The lowest BCUT2D eigenvalue weighted by Gasteiger charge is -2.31. The fourth-order valence-electron chi connectivity index (χ4n) is 2.02. The normalized spacial score (nSPS) is 33.8. The van der Waals surface area contributed by atoms with Crippen LogP contribution in [0.2, 0.25) is 0 Å². The maximum atomic E-state index is 11.2. The van der Waals surface area contributed by atoms with Crippen LogP contribution in [0.1, 0.15) is 33.1 Å². The minimum Gasteiger partial charge on any atom is -0.464 e. The maximum absolute atomic E-state index is 11.2. The molecule has 0 aliphatic heterocycles. The lowest BCUT2D eigenvalue weighted by Crippen LogP contribution is -2.34. The van der Waals surface area contributed by atoms with Gasteiger partial charge in [-0.25, -0.2) is 0 Å². The fourth-order valence-corrected chi connectivity index (χ4v) is 2.02. The first kappa shape index (κ1) is 10.2. The Balaban J connectivity index is 2.59. The Labute approximate surface area is 78.5 Å². The van der Waals surface area contributed by atoms with E-state index >= 15 is 0 Å². The van der Waals surface area contributed by atoms with Gasteiger partial charge < -0.3 is 4.74 Å². The van der Waals surface area contributed by atoms with Crippen LogP contribution in [0.15, 0.2) is 0 Å². The molecule has 3 atom stereocenters. The Morgan fingerprint density at radius 2 is 2.15 bits per heavy atom. The molecule has 0 amide bonds. The van der Waals surface area contributed by atoms with Gasteiger partial charge in [-0.3, -0.25) is 9.59 Å². The van der Waals surface area contributed by atoms with Crippen LogP contribution in [-0.4, -0.2) is 18.4 Å². The Hall–Kier alpha value is -0.860. The summed E-state index contributed by atoms with van der Waals surface area (Å²) in [5, 5.41) is 0. The number of hydrogen-bond donors (Lipinski definition) is 0. The fraction of sp³-hybridized carbons (Fsp3) is 0.800. The minimum atomic E-state index is -0.182. The number of carbonyl (C=O) groups is 2. The molecule has 0 N–H and O–H groups in total. The van der Waals surface area contributed by atoms with Gasteiger partial charge in [-0.2, -0.15) is 0 Å². The van der Waals surface area contributed by atoms with Crippen molar-refractivity contribution in [3.63, 3.8) is 0 Å². The molecule has 3 heteroatoms. The molecule has 0 heterocycles. The number of hydrogen-bond acceptors (Lipinski definition) is 3. The van der Waals surface area contributed by atoms with Gasteiger partial charge in [-0.15, -0.1) is 0 Å². The summed E-state index contributed by atoms with van der Waals surface area (Å²) in [4.78, 5) is 21.4. The van der Waals surface area contributed by atoms with Gasteiger partial charge in [-0.1, -0.05) is 6.92 Å². The highest BCUT2D eigenvalue weighted by molar-refractivity contribution is 5.79. The van der Waals surface area contributed by atoms with Crippen molar-refractivity contribution in [2.24, 2.45) is 11.8 Å². The smallest absolute Gasteiger partial charge is 0.293 e. The summed E-state index contributed by atoms with van der Waals surface area (Å²) >= 11 is 0. The number of carbonyl (C=O) groups excluding carboxylic acids is 2. The monoisotopic (exact) mass is 184 g/mol. The molecule has 0 aromatic heterocycles. The minimum absolute atomic E-state index is 0.0681. The van der Waals surface area contributed by atoms with Crippen molar-refractivity contribution in [2.75, 3.05) is 0 Å². The second-order valence-corrected chi connectivity index (χ2v) is 3.91. The van der Waals surface area contributed by atoms with Crippen LogP contribution in [0.25, 0.3) is 0 Å². The lowest BCUT2D eigenvalue weighted by molar-refractivity contribution is -0.143. The molecule has 13 heavy (non-hydrogen) atoms. The van der Waals surface area contributed by atoms with Gasteiger partial charge >= 0.3 is 0 Å². The molecule has 0 unspecified atom stereocenters. The van der Waals surface area contributed by atoms with E-state index in [4.69, 9.17) is 4.74 Å². The van der Waals surface area contributed by atoms with Crippen molar-refractivity contribution in [3.05, 3.63) is 0 Å². The molecule has 0 saturated heterocycles. The standard InChI is InChI=1S/C10H16O3/c1-7-3-4-9(8(2)12)10(5-7)13-6-11/h6-7,9-10H,3-5H2,1-2H3/t7-,9+,10-/m1/s1. The Bertz CT molecular complexity index is 200. The zero-order chi connectivity index (χ0) is 9.84. The molecule has 74 valence electrons. The first-order valence-electron chi connectivity index (χ1n) is 4.74. The highest BCUT2D eigenvalue weighted by Crippen LogP contribution is 2.30. The zero-order valence-electron chi connectivity index (χ0n) is 8.16. The Morgan fingerprint density at radius 1 is 1.46 bits per heavy atom. The quantitative estimate of drug-likeness (QED) is 0.625. The third-order valence-electron chi connectivity index (χ3n) is 2.81. The van der Waals surface area contributed by atoms with Crippen LogP contribution in [0.4, 0.5) is 0 Å². The van der Waals surface area contributed by atoms with E-state index in [1.807, 2.05) is 0 Å². The second kappa shape index (κ2) is 4.40. The summed E-state index contributed by atoms with van der Waals surface area (Å²) in [5.41, 5.74) is 0. The molecule has 1 fully saturated rings. The van der Waals surface area contributed by atoms with Gasteiger partial charge in [0.25, 0.3) is 6.47 Å². The van der Waals surface area contributed by atoms with E-state index in [9.17, 15) is 9.59 Å². The Morgan fingerprint density at radius 3 is 2.69 bits per heavy atom. The zero-order valence-corrected chi connectivity index (χ0v) is 8.16. The van der Waals surface area contributed by atoms with Crippen molar-refractivity contribution < 1.29 is 14.3 Å². The van der Waals surface area contributed by atoms with E-state index in [1.54, 1.807) is 6.92 Å². The number of rotatable bonds is 3. The maximum Gasteiger partial charge on any atom is 0.293 e. The molecular formula is C10H16O3. The van der Waals surface area contributed by atoms with Crippen LogP contribution in [0.5, 0.6) is 0 Å². The van der Waals surface area contributed by atoms with Crippen LogP contribution in [0.3, 0.4) is 0 Å². The predicted octanol–water partition coefficient (Wildman–Crippen LogP) is 1.55. The summed E-state index contributed by atoms with van der Waals surface area (Å²) in [5.74, 6) is 0.626. The highest BCUT2D eigenvalue weighted by Gasteiger charge is 2.32. The third-order valence-corrected chi connectivity index (χ3v) is 2.81. The van der Waals surface area contributed by atoms with Crippen molar-refractivity contribution in [3.8, 4) is 0 Å². The molecule has 0 aromatic carbocycles. The summed E-state index contributed by atoms with van der Waals surface area (Å²) in [6.07, 6.45) is 2.56. The van der Waals surface area contributed by atoms with Gasteiger partial charge in [0, 0.05) is 0 Å². The first-order chi connectivity index (χ1) is 6.15. The average molecular weight is 184 g/mol. The largest absolute Gasteiger partial charge is 0.464 e. The van der Waals surface area contributed by atoms with E-state index in [-0.39, 0.29) is 17.8 Å². The van der Waals surface area contributed by atoms with Crippen LogP contribution >= 0.6 is 0 Å². The molecule has 1 aliphatic carbocycles. The molecular weight excluding hydrogens is 168 g/mol. The summed E-state index contributed by atoms with van der Waals surface area (Å²) < 4.78 is 4.93. The van der Waals surface area contributed by atoms with Crippen LogP contribution in [-0.2, 0) is 14.3 Å². The summed E-state index contributed by atoms with van der Waals surface area (Å²) in [6.45, 7) is 4.15. The second-order valence-electron chi connectivity index (χ2n) is 3.91. The van der Waals surface area contributed by atoms with Crippen molar-refractivity contribution in [1.29, 1.82) is 0 Å². The molecule has 3 nitrogen and oxygen atoms in total. The number of ether oxygens (including phenoxy) is 1. The van der Waals surface area contributed by atoms with E-state index in [0.29, 0.717) is 12.4 Å². The molecule has 0 aromatic rings. The van der Waals surface area contributed by atoms with Crippen molar-refractivity contribution >= 4 is 12.3 Å². The summed E-state index contributed by atoms with van der Waals surface area (Å²) in [7, 11) is 0. The third kappa shape index (κ3) is 2.54. The van der Waals surface area contributed by atoms with Crippen LogP contribution in [0, 0.1) is 11.8 Å². The van der Waals surface area contributed by atoms with Gasteiger partial charge in [0.1, 0.15) is 11.9 Å². The topological polar surface area (TPSA) is 43.4 Å². The molecule has 0 bridgehead atoms. The van der Waals surface area contributed by atoms with Crippen molar-refractivity contribution in [2.45, 2.75) is 39.2 Å². The molecule has 1 saturated carbocycles. The van der Waals surface area contributed by atoms with Crippen LogP contribution < -0.4 is 0 Å². The molecule has 1 aliphatic rings. The van der Waals surface area contributed by atoms with Gasteiger partial charge in [0.05, 0.1) is 5.92 Å². The molecule has 0 radical (unpaired) electrons. The van der Waals surface area contributed by atoms with E-state index < -0.39 is 0 Å². The highest BCUT2D eigenvalue weighted by atomic mass is 16.5. The SMILES string of the molecule is CC(=O)[C@@H]1CC[C@@H](C)C[C@H]1OC=O. The Kier molecular flexibility index (Phi) is 3.46. The van der Waals surface area contributed by atoms with Gasteiger partial charge in [0.15, 0.2) is 0 Å².